The lowest BCUT2D eigenvalue weighted by molar-refractivity contribution is -0.143. The molecule has 2 aliphatic rings. The summed E-state index contributed by atoms with van der Waals surface area (Å²) in [5.74, 6) is -1.20. The van der Waals surface area contributed by atoms with E-state index < -0.39 is 17.9 Å². The third-order valence-electron chi connectivity index (χ3n) is 5.80. The van der Waals surface area contributed by atoms with Crippen LogP contribution >= 0.6 is 22.6 Å². The minimum Gasteiger partial charge on any atom is -0.493 e. The molecule has 4 rings (SSSR count). The standard InChI is InChI=1S/C25H22INO7/c1-12-19(25(30)33-4)20(21-22(27-12)14-7-5-6-8-15(14)23(21)29)13-9-16(26)24(17(10-13)31-2)34-11-18(28)32-3/h5-10,20,27H,11H2,1-4H3/t20-/m1/s1. The van der Waals surface area contributed by atoms with Crippen molar-refractivity contribution in [2.45, 2.75) is 12.8 Å². The molecule has 0 aromatic heterocycles. The Balaban J connectivity index is 1.88. The Labute approximate surface area is 210 Å². The third-order valence-corrected chi connectivity index (χ3v) is 6.60. The summed E-state index contributed by atoms with van der Waals surface area (Å²) in [7, 11) is 4.06. The SMILES string of the molecule is COC(=O)COc1c(I)cc([C@@H]2C(C(=O)OC)=C(C)NC3=C2C(=O)c2ccccc23)cc1OC. The zero-order valence-electron chi connectivity index (χ0n) is 19.0. The monoisotopic (exact) mass is 575 g/mol. The molecule has 9 heteroatoms. The number of fused-ring (bicyclic) bond motifs is 2. The number of allylic oxidation sites excluding steroid dienone is 2. The summed E-state index contributed by atoms with van der Waals surface area (Å²) < 4.78 is 21.5. The second kappa shape index (κ2) is 9.49. The Morgan fingerprint density at radius 2 is 1.76 bits per heavy atom. The van der Waals surface area contributed by atoms with Crippen molar-refractivity contribution in [3.05, 3.63) is 73.5 Å². The lowest BCUT2D eigenvalue weighted by Crippen LogP contribution is -2.29. The van der Waals surface area contributed by atoms with Crippen LogP contribution in [0, 0.1) is 3.57 Å². The summed E-state index contributed by atoms with van der Waals surface area (Å²) in [5.41, 5.74) is 4.09. The van der Waals surface area contributed by atoms with Crippen molar-refractivity contribution >= 4 is 46.0 Å². The molecule has 176 valence electrons. The van der Waals surface area contributed by atoms with Gasteiger partial charge in [0.25, 0.3) is 0 Å². The van der Waals surface area contributed by atoms with Gasteiger partial charge in [-0.05, 0) is 47.2 Å². The lowest BCUT2D eigenvalue weighted by atomic mass is 9.79. The first kappa shape index (κ1) is 23.8. The lowest BCUT2D eigenvalue weighted by Gasteiger charge is -2.29. The summed E-state index contributed by atoms with van der Waals surface area (Å²) in [6.45, 7) is 1.50. The van der Waals surface area contributed by atoms with E-state index in [0.29, 0.717) is 48.7 Å². The van der Waals surface area contributed by atoms with Crippen molar-refractivity contribution in [1.29, 1.82) is 0 Å². The summed E-state index contributed by atoms with van der Waals surface area (Å²) in [6.07, 6.45) is 0. The number of halogens is 1. The molecule has 0 radical (unpaired) electrons. The zero-order valence-corrected chi connectivity index (χ0v) is 21.1. The maximum Gasteiger partial charge on any atom is 0.343 e. The van der Waals surface area contributed by atoms with Gasteiger partial charge in [0, 0.05) is 28.3 Å². The molecule has 1 aliphatic heterocycles. The molecule has 34 heavy (non-hydrogen) atoms. The molecule has 0 fully saturated rings. The van der Waals surface area contributed by atoms with Crippen LogP contribution in [0.4, 0.5) is 0 Å². The van der Waals surface area contributed by atoms with Crippen molar-refractivity contribution in [3.8, 4) is 11.5 Å². The van der Waals surface area contributed by atoms with Crippen LogP contribution in [0.5, 0.6) is 11.5 Å². The third kappa shape index (κ3) is 3.93. The Morgan fingerprint density at radius 1 is 1.06 bits per heavy atom. The van der Waals surface area contributed by atoms with E-state index in [9.17, 15) is 14.4 Å². The Hall–Kier alpha value is -3.34. The highest BCUT2D eigenvalue weighted by Gasteiger charge is 2.43. The number of carbonyl (C=O) groups excluding carboxylic acids is 3. The van der Waals surface area contributed by atoms with Crippen LogP contribution in [0.1, 0.15) is 34.3 Å². The molecule has 2 aromatic carbocycles. The molecule has 0 spiro atoms. The Morgan fingerprint density at radius 3 is 2.41 bits per heavy atom. The van der Waals surface area contributed by atoms with Gasteiger partial charge in [-0.2, -0.15) is 0 Å². The van der Waals surface area contributed by atoms with Gasteiger partial charge >= 0.3 is 11.9 Å². The van der Waals surface area contributed by atoms with Gasteiger partial charge < -0.3 is 24.3 Å². The number of Topliss-reactive ketones (excluding diaryl/α,β-unsaturated/α-hetero) is 1. The molecule has 0 saturated heterocycles. The number of ketones is 1. The average molecular weight is 575 g/mol. The molecular weight excluding hydrogens is 553 g/mol. The first-order valence-electron chi connectivity index (χ1n) is 10.3. The molecule has 2 aromatic rings. The topological polar surface area (TPSA) is 100 Å². The van der Waals surface area contributed by atoms with Crippen molar-refractivity contribution in [2.24, 2.45) is 0 Å². The Bertz CT molecular complexity index is 1280. The fourth-order valence-corrected chi connectivity index (χ4v) is 5.06. The summed E-state index contributed by atoms with van der Waals surface area (Å²) >= 11 is 2.07. The molecule has 1 heterocycles. The van der Waals surface area contributed by atoms with E-state index in [1.54, 1.807) is 19.1 Å². The second-order valence-electron chi connectivity index (χ2n) is 7.65. The molecule has 1 aliphatic carbocycles. The Kier molecular flexibility index (Phi) is 6.65. The molecule has 0 saturated carbocycles. The van der Waals surface area contributed by atoms with Crippen molar-refractivity contribution in [1.82, 2.24) is 5.32 Å². The van der Waals surface area contributed by atoms with Gasteiger partial charge in [-0.25, -0.2) is 9.59 Å². The van der Waals surface area contributed by atoms with Crippen LogP contribution in [-0.4, -0.2) is 45.7 Å². The fourth-order valence-electron chi connectivity index (χ4n) is 4.28. The number of hydrogen-bond acceptors (Lipinski definition) is 8. The normalized spacial score (nSPS) is 16.5. The molecule has 0 bridgehead atoms. The van der Waals surface area contributed by atoms with E-state index >= 15 is 0 Å². The largest absolute Gasteiger partial charge is 0.493 e. The van der Waals surface area contributed by atoms with E-state index in [1.165, 1.54) is 21.3 Å². The predicted octanol–water partition coefficient (Wildman–Crippen LogP) is 3.59. The van der Waals surface area contributed by atoms with Crippen LogP contribution in [0.15, 0.2) is 53.2 Å². The number of dihydropyridines is 1. The van der Waals surface area contributed by atoms with E-state index in [2.05, 4.69) is 32.6 Å². The van der Waals surface area contributed by atoms with Gasteiger partial charge in [-0.3, -0.25) is 4.79 Å². The van der Waals surface area contributed by atoms with Gasteiger partial charge in [0.05, 0.1) is 36.2 Å². The molecule has 1 atom stereocenters. The minimum absolute atomic E-state index is 0.156. The molecule has 0 unspecified atom stereocenters. The maximum absolute atomic E-state index is 13.5. The van der Waals surface area contributed by atoms with Gasteiger partial charge in [-0.15, -0.1) is 0 Å². The van der Waals surface area contributed by atoms with E-state index in [-0.39, 0.29) is 12.4 Å². The minimum atomic E-state index is -0.694. The molecular formula is C25H22INO7. The van der Waals surface area contributed by atoms with Gasteiger partial charge in [0.2, 0.25) is 0 Å². The fraction of sp³-hybridized carbons (Fsp3) is 0.240. The van der Waals surface area contributed by atoms with Crippen LogP contribution in [0.25, 0.3) is 5.70 Å². The number of methoxy groups -OCH3 is 3. The smallest absolute Gasteiger partial charge is 0.343 e. The van der Waals surface area contributed by atoms with Crippen LogP contribution in [0.2, 0.25) is 0 Å². The van der Waals surface area contributed by atoms with E-state index in [4.69, 9.17) is 14.2 Å². The van der Waals surface area contributed by atoms with Gasteiger partial charge in [0.15, 0.2) is 23.9 Å². The number of hydrogen-bond donors (Lipinski definition) is 1. The number of ether oxygens (including phenoxy) is 4. The number of carbonyl (C=O) groups is 3. The number of benzene rings is 2. The van der Waals surface area contributed by atoms with Crippen LogP contribution < -0.4 is 14.8 Å². The molecule has 1 N–H and O–H groups in total. The quantitative estimate of drug-likeness (QED) is 0.412. The highest BCUT2D eigenvalue weighted by molar-refractivity contribution is 14.1. The molecule has 0 amide bonds. The number of rotatable bonds is 6. The first-order chi connectivity index (χ1) is 16.3. The number of nitrogens with one attached hydrogen (secondary N) is 1. The highest BCUT2D eigenvalue weighted by Crippen LogP contribution is 2.48. The van der Waals surface area contributed by atoms with E-state index in [0.717, 1.165) is 5.56 Å². The highest BCUT2D eigenvalue weighted by atomic mass is 127. The van der Waals surface area contributed by atoms with Gasteiger partial charge in [-0.1, -0.05) is 24.3 Å². The van der Waals surface area contributed by atoms with Gasteiger partial charge in [0.1, 0.15) is 0 Å². The summed E-state index contributed by atoms with van der Waals surface area (Å²) in [6, 6.07) is 10.9. The summed E-state index contributed by atoms with van der Waals surface area (Å²) in [4.78, 5) is 38.0. The first-order valence-corrected chi connectivity index (χ1v) is 11.4. The predicted molar refractivity (Wildman–Crippen MR) is 132 cm³/mol. The molecule has 8 nitrogen and oxygen atoms in total. The van der Waals surface area contributed by atoms with Crippen molar-refractivity contribution in [3.63, 3.8) is 0 Å². The van der Waals surface area contributed by atoms with Crippen LogP contribution in [-0.2, 0) is 19.1 Å². The second-order valence-corrected chi connectivity index (χ2v) is 8.81. The maximum atomic E-state index is 13.5. The zero-order chi connectivity index (χ0) is 24.6. The summed E-state index contributed by atoms with van der Waals surface area (Å²) in [5, 5.41) is 3.25. The van der Waals surface area contributed by atoms with Crippen molar-refractivity contribution < 1.29 is 33.3 Å². The average Bonchev–Trinajstić information content (AvgIpc) is 3.12. The van der Waals surface area contributed by atoms with E-state index in [1.807, 2.05) is 24.3 Å². The number of esters is 2. The van der Waals surface area contributed by atoms with Crippen molar-refractivity contribution in [2.75, 3.05) is 27.9 Å². The van der Waals surface area contributed by atoms with Crippen LogP contribution in [0.3, 0.4) is 0 Å².